The average Bonchev–Trinajstić information content (AvgIpc) is 3.13. The molecule has 1 amide bonds. The molecule has 28 heavy (non-hydrogen) atoms. The summed E-state index contributed by atoms with van der Waals surface area (Å²) in [7, 11) is -3.57. The molecular weight excluding hydrogens is 376 g/mol. The molecule has 1 aliphatic heterocycles. The number of sulfonamides is 1. The van der Waals surface area contributed by atoms with Gasteiger partial charge in [0.15, 0.2) is 0 Å². The molecule has 1 aromatic heterocycles. The number of carbonyl (C=O) groups excluding carboxylic acids is 1. The Morgan fingerprint density at radius 2 is 1.71 bits per heavy atom. The lowest BCUT2D eigenvalue weighted by Gasteiger charge is -2.34. The summed E-state index contributed by atoms with van der Waals surface area (Å²) in [6.45, 7) is 11.0. The van der Waals surface area contributed by atoms with Crippen LogP contribution in [0.1, 0.15) is 42.3 Å². The lowest BCUT2D eigenvalue weighted by molar-refractivity contribution is 0.0697. The monoisotopic (exact) mass is 404 g/mol. The highest BCUT2D eigenvalue weighted by Gasteiger charge is 2.32. The molecule has 7 nitrogen and oxygen atoms in total. The molecule has 1 fully saturated rings. The van der Waals surface area contributed by atoms with Gasteiger partial charge in [-0.05, 0) is 51.8 Å². The second-order valence-electron chi connectivity index (χ2n) is 8.31. The van der Waals surface area contributed by atoms with Crippen molar-refractivity contribution in [2.75, 3.05) is 26.2 Å². The third-order valence-corrected chi connectivity index (χ3v) is 7.04. The Morgan fingerprint density at radius 1 is 1.07 bits per heavy atom. The number of benzene rings is 1. The summed E-state index contributed by atoms with van der Waals surface area (Å²) >= 11 is 0. The minimum atomic E-state index is -3.57. The molecule has 1 saturated heterocycles. The van der Waals surface area contributed by atoms with Gasteiger partial charge in [0, 0.05) is 32.4 Å². The maximum Gasteiger partial charge on any atom is 0.257 e. The fourth-order valence-electron chi connectivity index (χ4n) is 3.24. The minimum absolute atomic E-state index is 0.112. The van der Waals surface area contributed by atoms with Crippen LogP contribution in [0.2, 0.25) is 0 Å². The number of carbonyl (C=O) groups is 1. The van der Waals surface area contributed by atoms with Crippen LogP contribution in [-0.2, 0) is 15.6 Å². The molecule has 0 unspecified atom stereocenters. The number of hydrogen-bond acceptors (Lipinski definition) is 4. The summed E-state index contributed by atoms with van der Waals surface area (Å²) in [4.78, 5) is 14.8. The van der Waals surface area contributed by atoms with Crippen molar-refractivity contribution < 1.29 is 13.2 Å². The van der Waals surface area contributed by atoms with Gasteiger partial charge in [-0.25, -0.2) is 8.42 Å². The van der Waals surface area contributed by atoms with Gasteiger partial charge in [0.1, 0.15) is 0 Å². The van der Waals surface area contributed by atoms with Crippen molar-refractivity contribution in [3.05, 3.63) is 47.3 Å². The van der Waals surface area contributed by atoms with Crippen LogP contribution in [0.15, 0.2) is 35.5 Å². The molecule has 0 bridgehead atoms. The Bertz CT molecular complexity index is 981. The van der Waals surface area contributed by atoms with Gasteiger partial charge in [0.2, 0.25) is 10.0 Å². The van der Waals surface area contributed by atoms with E-state index in [0.717, 1.165) is 11.1 Å². The predicted octanol–water partition coefficient (Wildman–Crippen LogP) is 2.40. The topological polar surface area (TPSA) is 75.5 Å². The van der Waals surface area contributed by atoms with Gasteiger partial charge in [-0.1, -0.05) is 12.1 Å². The molecule has 0 saturated carbocycles. The Hall–Kier alpha value is -2.19. The molecule has 0 N–H and O–H groups in total. The molecule has 2 aromatic rings. The van der Waals surface area contributed by atoms with Crippen LogP contribution in [0.5, 0.6) is 0 Å². The van der Waals surface area contributed by atoms with Crippen LogP contribution in [-0.4, -0.2) is 59.5 Å². The van der Waals surface area contributed by atoms with E-state index in [4.69, 9.17) is 0 Å². The summed E-state index contributed by atoms with van der Waals surface area (Å²) in [5, 5.41) is 4.28. The first kappa shape index (κ1) is 20.5. The highest BCUT2D eigenvalue weighted by Crippen LogP contribution is 2.23. The van der Waals surface area contributed by atoms with Gasteiger partial charge in [-0.3, -0.25) is 9.48 Å². The van der Waals surface area contributed by atoms with Gasteiger partial charge in [0.05, 0.1) is 22.2 Å². The Labute approximate surface area is 167 Å². The van der Waals surface area contributed by atoms with Gasteiger partial charge in [-0.2, -0.15) is 9.40 Å². The van der Waals surface area contributed by atoms with E-state index in [9.17, 15) is 13.2 Å². The summed E-state index contributed by atoms with van der Waals surface area (Å²) in [5.41, 5.74) is 1.98. The molecule has 0 atom stereocenters. The molecule has 1 aliphatic rings. The first-order valence-corrected chi connectivity index (χ1v) is 10.9. The van der Waals surface area contributed by atoms with Crippen molar-refractivity contribution in [3.8, 4) is 0 Å². The van der Waals surface area contributed by atoms with Crippen molar-refractivity contribution in [3.63, 3.8) is 0 Å². The van der Waals surface area contributed by atoms with E-state index in [-0.39, 0.29) is 24.5 Å². The van der Waals surface area contributed by atoms with Gasteiger partial charge in [0.25, 0.3) is 5.91 Å². The quantitative estimate of drug-likeness (QED) is 0.787. The number of rotatable bonds is 3. The van der Waals surface area contributed by atoms with E-state index < -0.39 is 10.0 Å². The van der Waals surface area contributed by atoms with E-state index in [1.54, 1.807) is 35.0 Å². The molecule has 152 valence electrons. The van der Waals surface area contributed by atoms with E-state index in [2.05, 4.69) is 5.10 Å². The zero-order chi connectivity index (χ0) is 20.7. The molecule has 8 heteroatoms. The van der Waals surface area contributed by atoms with Crippen molar-refractivity contribution in [1.82, 2.24) is 19.0 Å². The Balaban J connectivity index is 1.71. The van der Waals surface area contributed by atoms with Gasteiger partial charge < -0.3 is 4.90 Å². The van der Waals surface area contributed by atoms with Crippen LogP contribution in [0.3, 0.4) is 0 Å². The molecule has 3 rings (SSSR count). The van der Waals surface area contributed by atoms with Crippen molar-refractivity contribution in [2.45, 2.75) is 45.1 Å². The summed E-state index contributed by atoms with van der Waals surface area (Å²) < 4.78 is 29.3. The second kappa shape index (κ2) is 7.33. The third-order valence-electron chi connectivity index (χ3n) is 5.00. The standard InChI is InChI=1S/C20H28N4O3S/c1-15-6-7-16(2)18(12-15)28(26,27)23-10-8-22(9-11-23)19(25)17-13-21-24(14-17)20(3,4)5/h6-7,12-14H,8-11H2,1-5H3. The highest BCUT2D eigenvalue weighted by atomic mass is 32.2. The zero-order valence-electron chi connectivity index (χ0n) is 17.1. The maximum atomic E-state index is 13.0. The van der Waals surface area contributed by atoms with Gasteiger partial charge >= 0.3 is 0 Å². The molecular formula is C20H28N4O3S. The summed E-state index contributed by atoms with van der Waals surface area (Å²) in [5.74, 6) is -0.112. The molecule has 0 radical (unpaired) electrons. The molecule has 1 aromatic carbocycles. The van der Waals surface area contributed by atoms with Crippen molar-refractivity contribution in [1.29, 1.82) is 0 Å². The second-order valence-corrected chi connectivity index (χ2v) is 10.2. The average molecular weight is 405 g/mol. The number of aromatic nitrogens is 2. The van der Waals surface area contributed by atoms with Crippen molar-refractivity contribution >= 4 is 15.9 Å². The SMILES string of the molecule is Cc1ccc(C)c(S(=O)(=O)N2CCN(C(=O)c3cnn(C(C)(C)C)c3)CC2)c1. The number of aryl methyl sites for hydroxylation is 2. The molecule has 0 aliphatic carbocycles. The van der Waals surface area contributed by atoms with Gasteiger partial charge in [-0.15, -0.1) is 0 Å². The summed E-state index contributed by atoms with van der Waals surface area (Å²) in [6, 6.07) is 5.45. The van der Waals surface area contributed by atoms with E-state index in [1.807, 2.05) is 39.8 Å². The lowest BCUT2D eigenvalue weighted by atomic mass is 10.1. The fraction of sp³-hybridized carbons (Fsp3) is 0.500. The summed E-state index contributed by atoms with van der Waals surface area (Å²) in [6.07, 6.45) is 3.33. The Morgan fingerprint density at radius 3 is 2.29 bits per heavy atom. The predicted molar refractivity (Wildman–Crippen MR) is 108 cm³/mol. The van der Waals surface area contributed by atoms with E-state index >= 15 is 0 Å². The lowest BCUT2D eigenvalue weighted by Crippen LogP contribution is -2.50. The first-order valence-electron chi connectivity index (χ1n) is 9.42. The number of nitrogens with zero attached hydrogens (tertiary/aromatic N) is 4. The number of piperazine rings is 1. The van der Waals surface area contributed by atoms with Crippen LogP contribution in [0, 0.1) is 13.8 Å². The van der Waals surface area contributed by atoms with Crippen LogP contribution < -0.4 is 0 Å². The van der Waals surface area contributed by atoms with E-state index in [0.29, 0.717) is 23.5 Å². The fourth-order valence-corrected chi connectivity index (χ4v) is 4.97. The molecule has 0 spiro atoms. The largest absolute Gasteiger partial charge is 0.336 e. The normalized spacial score (nSPS) is 16.4. The number of hydrogen-bond donors (Lipinski definition) is 0. The Kier molecular flexibility index (Phi) is 5.38. The molecule has 2 heterocycles. The third kappa shape index (κ3) is 3.98. The van der Waals surface area contributed by atoms with Crippen molar-refractivity contribution in [2.24, 2.45) is 0 Å². The maximum absolute atomic E-state index is 13.0. The van der Waals surface area contributed by atoms with Crippen LogP contribution in [0.25, 0.3) is 0 Å². The van der Waals surface area contributed by atoms with Crippen LogP contribution in [0.4, 0.5) is 0 Å². The highest BCUT2D eigenvalue weighted by molar-refractivity contribution is 7.89. The number of amides is 1. The smallest absolute Gasteiger partial charge is 0.257 e. The minimum Gasteiger partial charge on any atom is -0.336 e. The zero-order valence-corrected chi connectivity index (χ0v) is 18.0. The van der Waals surface area contributed by atoms with E-state index in [1.165, 1.54) is 4.31 Å². The van der Waals surface area contributed by atoms with Crippen LogP contribution >= 0.6 is 0 Å². The first-order chi connectivity index (χ1) is 13.0.